The van der Waals surface area contributed by atoms with Crippen LogP contribution in [0.3, 0.4) is 0 Å². The summed E-state index contributed by atoms with van der Waals surface area (Å²) in [7, 11) is -3.25. The van der Waals surface area contributed by atoms with E-state index in [0.29, 0.717) is 12.8 Å². The number of aryl methyl sites for hydroxylation is 1. The molecule has 1 aromatic rings. The molecule has 0 amide bonds. The van der Waals surface area contributed by atoms with Crippen LogP contribution in [0.1, 0.15) is 30.4 Å². The normalized spacial score (nSPS) is 17.1. The maximum atomic E-state index is 12.1. The van der Waals surface area contributed by atoms with Gasteiger partial charge in [0.25, 0.3) is 0 Å². The molecule has 1 fully saturated rings. The zero-order valence-electron chi connectivity index (χ0n) is 10.9. The molecule has 104 valence electrons. The zero-order chi connectivity index (χ0) is 14.1. The lowest BCUT2D eigenvalue weighted by molar-refractivity contribution is -0.138. The van der Waals surface area contributed by atoms with Gasteiger partial charge in [0.1, 0.15) is 0 Å². The lowest BCUT2D eigenvalue weighted by atomic mass is 10.1. The third kappa shape index (κ3) is 4.06. The Labute approximate surface area is 113 Å². The number of hydrogen-bond donors (Lipinski definition) is 1. The summed E-state index contributed by atoms with van der Waals surface area (Å²) in [5, 5.41) is 8.81. The van der Waals surface area contributed by atoms with Crippen molar-refractivity contribution in [1.82, 2.24) is 0 Å². The molecule has 1 saturated carbocycles. The van der Waals surface area contributed by atoms with E-state index in [1.165, 1.54) is 0 Å². The summed E-state index contributed by atoms with van der Waals surface area (Å²) in [4.78, 5) is 10.7. The van der Waals surface area contributed by atoms with Gasteiger partial charge in [-0.3, -0.25) is 4.79 Å². The van der Waals surface area contributed by atoms with Crippen molar-refractivity contribution in [2.75, 3.05) is 5.75 Å². The molecule has 0 saturated heterocycles. The van der Waals surface area contributed by atoms with E-state index in [1.54, 1.807) is 0 Å². The fourth-order valence-electron chi connectivity index (χ4n) is 2.33. The van der Waals surface area contributed by atoms with Crippen LogP contribution < -0.4 is 0 Å². The Morgan fingerprint density at radius 3 is 2.32 bits per heavy atom. The Morgan fingerprint density at radius 2 is 1.84 bits per heavy atom. The van der Waals surface area contributed by atoms with Crippen molar-refractivity contribution < 1.29 is 18.3 Å². The Kier molecular flexibility index (Phi) is 3.67. The second-order valence-corrected chi connectivity index (χ2v) is 7.65. The fourth-order valence-corrected chi connectivity index (χ4v) is 4.45. The van der Waals surface area contributed by atoms with Gasteiger partial charge in [-0.2, -0.15) is 0 Å². The predicted molar refractivity (Wildman–Crippen MR) is 72.6 cm³/mol. The van der Waals surface area contributed by atoms with Crippen molar-refractivity contribution >= 4 is 15.8 Å². The van der Waals surface area contributed by atoms with E-state index in [-0.39, 0.29) is 17.9 Å². The maximum Gasteiger partial charge on any atom is 0.303 e. The van der Waals surface area contributed by atoms with Crippen molar-refractivity contribution in [2.24, 2.45) is 5.41 Å². The molecule has 1 N–H and O–H groups in total. The summed E-state index contributed by atoms with van der Waals surface area (Å²) in [6.07, 6.45) is 1.36. The first-order valence-corrected chi connectivity index (χ1v) is 8.10. The number of carbonyl (C=O) groups is 1. The molecular weight excluding hydrogens is 264 g/mol. The predicted octanol–water partition coefficient (Wildman–Crippen LogP) is 2.16. The Hall–Kier alpha value is -1.36. The third-order valence-electron chi connectivity index (χ3n) is 3.52. The Balaban J connectivity index is 2.03. The van der Waals surface area contributed by atoms with E-state index in [1.807, 2.05) is 31.2 Å². The Bertz CT molecular complexity index is 568. The number of carboxylic acids is 1. The van der Waals surface area contributed by atoms with Crippen molar-refractivity contribution in [2.45, 2.75) is 31.9 Å². The van der Waals surface area contributed by atoms with E-state index in [2.05, 4.69) is 0 Å². The molecule has 1 aromatic carbocycles. The number of hydrogen-bond acceptors (Lipinski definition) is 3. The second-order valence-electron chi connectivity index (χ2n) is 5.59. The van der Waals surface area contributed by atoms with Gasteiger partial charge in [0.05, 0.1) is 17.9 Å². The van der Waals surface area contributed by atoms with Gasteiger partial charge >= 0.3 is 5.97 Å². The van der Waals surface area contributed by atoms with Gasteiger partial charge in [-0.05, 0) is 30.7 Å². The zero-order valence-corrected chi connectivity index (χ0v) is 11.7. The minimum absolute atomic E-state index is 0.00531. The molecule has 0 heterocycles. The van der Waals surface area contributed by atoms with Crippen molar-refractivity contribution in [3.63, 3.8) is 0 Å². The summed E-state index contributed by atoms with van der Waals surface area (Å²) in [6.45, 7) is 1.95. The Morgan fingerprint density at radius 1 is 1.26 bits per heavy atom. The average molecular weight is 282 g/mol. The average Bonchev–Trinajstić information content (AvgIpc) is 2.98. The number of carboxylic acid groups (broad SMARTS) is 1. The van der Waals surface area contributed by atoms with Gasteiger partial charge in [-0.25, -0.2) is 8.42 Å². The van der Waals surface area contributed by atoms with Gasteiger partial charge in [-0.1, -0.05) is 29.8 Å². The van der Waals surface area contributed by atoms with Gasteiger partial charge in [0, 0.05) is 0 Å². The molecule has 0 spiro atoms. The molecule has 1 aliphatic rings. The van der Waals surface area contributed by atoms with E-state index in [9.17, 15) is 13.2 Å². The quantitative estimate of drug-likeness (QED) is 0.868. The van der Waals surface area contributed by atoms with E-state index < -0.39 is 21.2 Å². The second kappa shape index (κ2) is 4.96. The highest BCUT2D eigenvalue weighted by molar-refractivity contribution is 7.90. The van der Waals surface area contributed by atoms with Crippen molar-refractivity contribution in [1.29, 1.82) is 0 Å². The molecule has 0 unspecified atom stereocenters. The van der Waals surface area contributed by atoms with E-state index in [4.69, 9.17) is 5.11 Å². The molecule has 4 nitrogen and oxygen atoms in total. The number of sulfone groups is 1. The fraction of sp³-hybridized carbons (Fsp3) is 0.500. The molecule has 5 heteroatoms. The summed E-state index contributed by atoms with van der Waals surface area (Å²) < 4.78 is 24.3. The minimum Gasteiger partial charge on any atom is -0.481 e. The van der Waals surface area contributed by atoms with Crippen LogP contribution in [-0.2, 0) is 20.4 Å². The lowest BCUT2D eigenvalue weighted by Crippen LogP contribution is -2.21. The highest BCUT2D eigenvalue weighted by atomic mass is 32.2. The number of benzene rings is 1. The molecule has 0 radical (unpaired) electrons. The van der Waals surface area contributed by atoms with E-state index in [0.717, 1.165) is 11.1 Å². The molecule has 2 rings (SSSR count). The first-order chi connectivity index (χ1) is 8.80. The number of rotatable bonds is 6. The molecule has 0 atom stereocenters. The first-order valence-electron chi connectivity index (χ1n) is 6.28. The van der Waals surface area contributed by atoms with Crippen molar-refractivity contribution in [3.8, 4) is 0 Å². The largest absolute Gasteiger partial charge is 0.481 e. The maximum absolute atomic E-state index is 12.1. The van der Waals surface area contributed by atoms with Gasteiger partial charge in [0.15, 0.2) is 9.84 Å². The smallest absolute Gasteiger partial charge is 0.303 e. The molecule has 1 aliphatic carbocycles. The first kappa shape index (κ1) is 14.1. The van der Waals surface area contributed by atoms with Crippen LogP contribution in [0.15, 0.2) is 24.3 Å². The van der Waals surface area contributed by atoms with E-state index >= 15 is 0 Å². The van der Waals surface area contributed by atoms with Gasteiger partial charge < -0.3 is 5.11 Å². The number of aliphatic carboxylic acids is 1. The summed E-state index contributed by atoms with van der Waals surface area (Å²) >= 11 is 0. The van der Waals surface area contributed by atoms with Crippen molar-refractivity contribution in [3.05, 3.63) is 35.4 Å². The third-order valence-corrected chi connectivity index (χ3v) is 5.34. The monoisotopic (exact) mass is 282 g/mol. The van der Waals surface area contributed by atoms with Crippen LogP contribution in [0.5, 0.6) is 0 Å². The minimum atomic E-state index is -3.25. The highest BCUT2D eigenvalue weighted by Crippen LogP contribution is 2.50. The molecule has 19 heavy (non-hydrogen) atoms. The summed E-state index contributed by atoms with van der Waals surface area (Å²) in [6, 6.07) is 7.39. The molecule has 0 aromatic heterocycles. The topological polar surface area (TPSA) is 71.4 Å². The van der Waals surface area contributed by atoms with Crippen LogP contribution in [-0.4, -0.2) is 25.2 Å². The molecular formula is C14H18O4S. The molecule has 0 aliphatic heterocycles. The summed E-state index contributed by atoms with van der Waals surface area (Å²) in [5.41, 5.74) is 1.34. The SMILES string of the molecule is Cc1ccc(CS(=O)(=O)CC2(CC(=O)O)CC2)cc1. The van der Waals surface area contributed by atoms with Crippen LogP contribution >= 0.6 is 0 Å². The lowest BCUT2D eigenvalue weighted by Gasteiger charge is -2.13. The summed E-state index contributed by atoms with van der Waals surface area (Å²) in [5.74, 6) is -0.933. The van der Waals surface area contributed by atoms with Crippen LogP contribution in [0.2, 0.25) is 0 Å². The standard InChI is InChI=1S/C14H18O4S/c1-11-2-4-12(5-3-11)9-19(17,18)10-14(6-7-14)8-13(15)16/h2-5H,6-10H2,1H3,(H,15,16). The van der Waals surface area contributed by atoms with Crippen LogP contribution in [0, 0.1) is 12.3 Å². The van der Waals surface area contributed by atoms with Crippen LogP contribution in [0.4, 0.5) is 0 Å². The molecule has 0 bridgehead atoms. The van der Waals surface area contributed by atoms with Crippen LogP contribution in [0.25, 0.3) is 0 Å². The van der Waals surface area contributed by atoms with Gasteiger partial charge in [0.2, 0.25) is 0 Å². The van der Waals surface area contributed by atoms with Gasteiger partial charge in [-0.15, -0.1) is 0 Å². The highest BCUT2D eigenvalue weighted by Gasteiger charge is 2.47.